The summed E-state index contributed by atoms with van der Waals surface area (Å²) in [5, 5.41) is 3.95. The van der Waals surface area contributed by atoms with Gasteiger partial charge in [-0.3, -0.25) is 9.59 Å². The number of carbonyl (C=O) groups is 1. The largest absolute Gasteiger partial charge is 0.375 e. The fourth-order valence-electron chi connectivity index (χ4n) is 3.62. The molecule has 1 aromatic heterocycles. The zero-order valence-corrected chi connectivity index (χ0v) is 13.1. The molecule has 4 rings (SSSR count). The van der Waals surface area contributed by atoms with Crippen LogP contribution in [0.5, 0.6) is 0 Å². The zero-order chi connectivity index (χ0) is 16.0. The molecule has 2 N–H and O–H groups in total. The van der Waals surface area contributed by atoms with E-state index in [1.54, 1.807) is 24.3 Å². The number of H-pyrrole nitrogens is 1. The minimum Gasteiger partial charge on any atom is -0.375 e. The first kappa shape index (κ1) is 14.5. The lowest BCUT2D eigenvalue weighted by atomic mass is 9.90. The van der Waals surface area contributed by atoms with Crippen LogP contribution in [-0.2, 0) is 4.74 Å². The quantitative estimate of drug-likeness (QED) is 0.913. The Morgan fingerprint density at radius 2 is 2.13 bits per heavy atom. The molecule has 1 saturated carbocycles. The van der Waals surface area contributed by atoms with Gasteiger partial charge in [-0.05, 0) is 50.3 Å². The number of nitrogens with one attached hydrogen (secondary N) is 2. The van der Waals surface area contributed by atoms with Gasteiger partial charge in [0.2, 0.25) is 5.56 Å². The fourth-order valence-corrected chi connectivity index (χ4v) is 3.62. The molecule has 2 atom stereocenters. The molecule has 5 heteroatoms. The van der Waals surface area contributed by atoms with Crippen LogP contribution < -0.4 is 10.9 Å². The third kappa shape index (κ3) is 2.55. The summed E-state index contributed by atoms with van der Waals surface area (Å²) in [5.74, 6) is 0.466. The van der Waals surface area contributed by atoms with E-state index in [9.17, 15) is 9.59 Å². The number of aromatic amines is 1. The van der Waals surface area contributed by atoms with Crippen LogP contribution in [0.4, 0.5) is 0 Å². The Hall–Kier alpha value is -2.14. The highest BCUT2D eigenvalue weighted by atomic mass is 16.5. The molecule has 1 amide bonds. The van der Waals surface area contributed by atoms with Crippen molar-refractivity contribution in [1.82, 2.24) is 10.3 Å². The lowest BCUT2D eigenvalue weighted by Crippen LogP contribution is -2.52. The number of fused-ring (bicyclic) bond motifs is 1. The van der Waals surface area contributed by atoms with Crippen molar-refractivity contribution in [2.75, 3.05) is 6.61 Å². The highest BCUT2D eigenvalue weighted by Crippen LogP contribution is 2.43. The van der Waals surface area contributed by atoms with Gasteiger partial charge < -0.3 is 15.0 Å². The van der Waals surface area contributed by atoms with E-state index in [0.29, 0.717) is 23.6 Å². The van der Waals surface area contributed by atoms with Crippen molar-refractivity contribution in [3.63, 3.8) is 0 Å². The highest BCUT2D eigenvalue weighted by Gasteiger charge is 2.49. The third-order valence-electron chi connectivity index (χ3n) is 5.01. The maximum Gasteiger partial charge on any atom is 0.252 e. The molecule has 1 aliphatic carbocycles. The highest BCUT2D eigenvalue weighted by molar-refractivity contribution is 6.06. The Kier molecular flexibility index (Phi) is 3.27. The number of hydrogen-bond acceptors (Lipinski definition) is 3. The van der Waals surface area contributed by atoms with E-state index in [0.717, 1.165) is 11.8 Å². The van der Waals surface area contributed by atoms with Crippen molar-refractivity contribution in [2.24, 2.45) is 5.92 Å². The van der Waals surface area contributed by atoms with Gasteiger partial charge in [0.15, 0.2) is 0 Å². The third-order valence-corrected chi connectivity index (χ3v) is 5.01. The van der Waals surface area contributed by atoms with Gasteiger partial charge in [-0.15, -0.1) is 0 Å². The summed E-state index contributed by atoms with van der Waals surface area (Å²) in [4.78, 5) is 27.0. The van der Waals surface area contributed by atoms with Crippen LogP contribution in [0.2, 0.25) is 0 Å². The summed E-state index contributed by atoms with van der Waals surface area (Å²) in [6.07, 6.45) is 3.32. The topological polar surface area (TPSA) is 71.2 Å². The number of carbonyl (C=O) groups excluding carboxylic acids is 1. The number of amides is 1. The van der Waals surface area contributed by atoms with E-state index in [2.05, 4.69) is 17.2 Å². The smallest absolute Gasteiger partial charge is 0.252 e. The van der Waals surface area contributed by atoms with Gasteiger partial charge in [0, 0.05) is 29.1 Å². The summed E-state index contributed by atoms with van der Waals surface area (Å²) in [6.45, 7) is 2.77. The maximum absolute atomic E-state index is 12.8. The van der Waals surface area contributed by atoms with Crippen molar-refractivity contribution in [3.05, 3.63) is 46.2 Å². The molecule has 2 fully saturated rings. The van der Waals surface area contributed by atoms with Crippen LogP contribution >= 0.6 is 0 Å². The monoisotopic (exact) mass is 312 g/mol. The van der Waals surface area contributed by atoms with Crippen LogP contribution in [-0.4, -0.2) is 29.1 Å². The van der Waals surface area contributed by atoms with Gasteiger partial charge in [-0.25, -0.2) is 0 Å². The Balaban J connectivity index is 1.65. The van der Waals surface area contributed by atoms with Gasteiger partial charge in [0.25, 0.3) is 5.91 Å². The first-order valence-electron chi connectivity index (χ1n) is 8.13. The second-order valence-corrected chi connectivity index (χ2v) is 6.84. The maximum atomic E-state index is 12.8. The number of rotatable bonds is 3. The molecule has 1 aliphatic heterocycles. The average Bonchev–Trinajstić information content (AvgIpc) is 3.29. The molecular formula is C18H20N2O3. The first-order valence-corrected chi connectivity index (χ1v) is 8.13. The average molecular weight is 312 g/mol. The molecule has 0 spiro atoms. The van der Waals surface area contributed by atoms with Gasteiger partial charge in [-0.2, -0.15) is 0 Å². The van der Waals surface area contributed by atoms with Crippen molar-refractivity contribution < 1.29 is 9.53 Å². The normalized spacial score (nSPS) is 27.3. The predicted octanol–water partition coefficient (Wildman–Crippen LogP) is 2.22. The fraction of sp³-hybridized carbons (Fsp3) is 0.444. The molecule has 23 heavy (non-hydrogen) atoms. The SMILES string of the molecule is CC1(NC(=O)c2cccc3[nH]c(=O)ccc23)CCOC1C1CC1. The molecular weight excluding hydrogens is 292 g/mol. The van der Waals surface area contributed by atoms with Gasteiger partial charge in [0.1, 0.15) is 0 Å². The number of aromatic nitrogens is 1. The van der Waals surface area contributed by atoms with Crippen molar-refractivity contribution in [3.8, 4) is 0 Å². The summed E-state index contributed by atoms with van der Waals surface area (Å²) in [6, 6.07) is 8.54. The van der Waals surface area contributed by atoms with Gasteiger partial charge >= 0.3 is 0 Å². The summed E-state index contributed by atoms with van der Waals surface area (Å²) in [5.41, 5.74) is 0.779. The summed E-state index contributed by atoms with van der Waals surface area (Å²) in [7, 11) is 0. The van der Waals surface area contributed by atoms with E-state index in [1.165, 1.54) is 18.9 Å². The number of hydrogen-bond donors (Lipinski definition) is 2. The molecule has 2 aliphatic rings. The summed E-state index contributed by atoms with van der Waals surface area (Å²) < 4.78 is 5.87. The lowest BCUT2D eigenvalue weighted by Gasteiger charge is -2.31. The van der Waals surface area contributed by atoms with Gasteiger partial charge in [0.05, 0.1) is 11.6 Å². The standard InChI is InChI=1S/C18H20N2O3/c1-18(9-10-23-16(18)11-5-6-11)20-17(22)13-3-2-4-14-12(13)7-8-15(21)19-14/h2-4,7-8,11,16H,5-6,9-10H2,1H3,(H,19,21)(H,20,22). The van der Waals surface area contributed by atoms with Crippen LogP contribution in [0.25, 0.3) is 10.9 Å². The minimum atomic E-state index is -0.317. The molecule has 2 aromatic rings. The van der Waals surface area contributed by atoms with Crippen LogP contribution in [0.15, 0.2) is 35.1 Å². The molecule has 0 radical (unpaired) electrons. The molecule has 2 heterocycles. The molecule has 1 aromatic carbocycles. The molecule has 0 bridgehead atoms. The zero-order valence-electron chi connectivity index (χ0n) is 13.1. The van der Waals surface area contributed by atoms with Crippen molar-refractivity contribution >= 4 is 16.8 Å². The molecule has 5 nitrogen and oxygen atoms in total. The van der Waals surface area contributed by atoms with E-state index >= 15 is 0 Å². The lowest BCUT2D eigenvalue weighted by molar-refractivity contribution is 0.0515. The Morgan fingerprint density at radius 3 is 2.91 bits per heavy atom. The Morgan fingerprint density at radius 1 is 1.30 bits per heavy atom. The van der Waals surface area contributed by atoms with Crippen LogP contribution in [0, 0.1) is 5.92 Å². The molecule has 2 unspecified atom stereocenters. The van der Waals surface area contributed by atoms with E-state index in [-0.39, 0.29) is 23.1 Å². The second kappa shape index (κ2) is 5.20. The van der Waals surface area contributed by atoms with E-state index < -0.39 is 0 Å². The summed E-state index contributed by atoms with van der Waals surface area (Å²) >= 11 is 0. The Labute approximate surface area is 134 Å². The van der Waals surface area contributed by atoms with E-state index in [4.69, 9.17) is 4.74 Å². The van der Waals surface area contributed by atoms with Gasteiger partial charge in [-0.1, -0.05) is 6.07 Å². The molecule has 120 valence electrons. The first-order chi connectivity index (χ1) is 11.1. The van der Waals surface area contributed by atoms with Crippen LogP contribution in [0.3, 0.4) is 0 Å². The minimum absolute atomic E-state index is 0.110. The predicted molar refractivity (Wildman–Crippen MR) is 87.5 cm³/mol. The van der Waals surface area contributed by atoms with E-state index in [1.807, 2.05) is 0 Å². The molecule has 1 saturated heterocycles. The number of ether oxygens (including phenoxy) is 1. The van der Waals surface area contributed by atoms with Crippen molar-refractivity contribution in [1.29, 1.82) is 0 Å². The number of pyridine rings is 1. The second-order valence-electron chi connectivity index (χ2n) is 6.84. The van der Waals surface area contributed by atoms with Crippen LogP contribution in [0.1, 0.15) is 36.5 Å². The van der Waals surface area contributed by atoms with Crippen molar-refractivity contribution in [2.45, 2.75) is 37.8 Å². The Bertz CT molecular complexity index is 824. The number of benzene rings is 1.